The number of primary sulfonamides is 1. The molecule has 1 aromatic rings. The number of sulfonamides is 1. The van der Waals surface area contributed by atoms with Crippen molar-refractivity contribution in [2.24, 2.45) is 5.14 Å². The average Bonchev–Trinajstić information content (AvgIpc) is 2.15. The maximum absolute atomic E-state index is 11.1. The van der Waals surface area contributed by atoms with Crippen molar-refractivity contribution >= 4 is 21.4 Å². The van der Waals surface area contributed by atoms with Crippen LogP contribution in [0, 0.1) is 10.1 Å². The van der Waals surface area contributed by atoms with Gasteiger partial charge in [-0.2, -0.15) is 0 Å². The van der Waals surface area contributed by atoms with Crippen molar-refractivity contribution in [2.45, 2.75) is 4.90 Å². The van der Waals surface area contributed by atoms with Crippen LogP contribution in [0.3, 0.4) is 0 Å². The molecule has 0 unspecified atom stereocenters. The van der Waals surface area contributed by atoms with Gasteiger partial charge in [-0.1, -0.05) is 0 Å². The summed E-state index contributed by atoms with van der Waals surface area (Å²) in [5.41, 5.74) is -0.0962. The number of nitrogens with two attached hydrogens (primary N) is 1. The predicted molar refractivity (Wildman–Crippen MR) is 54.0 cm³/mol. The van der Waals surface area contributed by atoms with E-state index in [-0.39, 0.29) is 0 Å². The third-order valence-electron chi connectivity index (χ3n) is 1.75. The minimum absolute atomic E-state index is 0.435. The summed E-state index contributed by atoms with van der Waals surface area (Å²) in [6, 6.07) is 3.60. The molecule has 0 aliphatic heterocycles. The minimum Gasteiger partial charge on any atom is -0.388 e. The normalized spacial score (nSPS) is 11.1. The van der Waals surface area contributed by atoms with Crippen molar-refractivity contribution in [1.82, 2.24) is 0 Å². The standard InChI is InChI=1S/C7H9N3O4S/c1-9-5-2-3-6(10(11)12)7(4-5)15(8,13)14/h2-4,9H,1H3,(H2,8,13,14). The minimum atomic E-state index is -4.09. The van der Waals surface area contributed by atoms with E-state index < -0.39 is 25.5 Å². The highest BCUT2D eigenvalue weighted by Crippen LogP contribution is 2.25. The highest BCUT2D eigenvalue weighted by Gasteiger charge is 2.22. The zero-order valence-electron chi connectivity index (χ0n) is 7.80. The molecule has 15 heavy (non-hydrogen) atoms. The summed E-state index contributed by atoms with van der Waals surface area (Å²) in [5, 5.41) is 18.1. The first-order valence-electron chi connectivity index (χ1n) is 3.85. The molecule has 0 amide bonds. The molecule has 0 heterocycles. The number of benzene rings is 1. The highest BCUT2D eigenvalue weighted by atomic mass is 32.2. The van der Waals surface area contributed by atoms with Gasteiger partial charge in [0.1, 0.15) is 0 Å². The van der Waals surface area contributed by atoms with Crippen molar-refractivity contribution in [1.29, 1.82) is 0 Å². The molecule has 0 spiro atoms. The molecule has 0 saturated heterocycles. The zero-order chi connectivity index (χ0) is 11.6. The second-order valence-corrected chi connectivity index (χ2v) is 4.26. The molecule has 1 aromatic carbocycles. The molecule has 82 valence electrons. The molecule has 0 aromatic heterocycles. The lowest BCUT2D eigenvalue weighted by Crippen LogP contribution is -2.14. The Kier molecular flexibility index (Phi) is 2.91. The van der Waals surface area contributed by atoms with E-state index in [9.17, 15) is 18.5 Å². The zero-order valence-corrected chi connectivity index (χ0v) is 8.61. The van der Waals surface area contributed by atoms with Gasteiger partial charge in [-0.15, -0.1) is 0 Å². The van der Waals surface area contributed by atoms with E-state index in [0.717, 1.165) is 12.1 Å². The first-order chi connectivity index (χ1) is 6.86. The molecule has 3 N–H and O–H groups in total. The first-order valence-corrected chi connectivity index (χ1v) is 5.40. The first kappa shape index (κ1) is 11.4. The van der Waals surface area contributed by atoms with Gasteiger partial charge in [0.05, 0.1) is 4.92 Å². The second-order valence-electron chi connectivity index (χ2n) is 2.73. The largest absolute Gasteiger partial charge is 0.388 e. The fourth-order valence-electron chi connectivity index (χ4n) is 1.05. The van der Waals surface area contributed by atoms with Crippen molar-refractivity contribution < 1.29 is 13.3 Å². The smallest absolute Gasteiger partial charge is 0.289 e. The van der Waals surface area contributed by atoms with Gasteiger partial charge in [-0.05, 0) is 12.1 Å². The van der Waals surface area contributed by atoms with E-state index in [2.05, 4.69) is 5.32 Å². The predicted octanol–water partition coefficient (Wildman–Crippen LogP) is 0.284. The van der Waals surface area contributed by atoms with Crippen LogP contribution in [0.2, 0.25) is 0 Å². The van der Waals surface area contributed by atoms with Gasteiger partial charge >= 0.3 is 0 Å². The lowest BCUT2D eigenvalue weighted by Gasteiger charge is -2.03. The van der Waals surface area contributed by atoms with Gasteiger partial charge in [0.15, 0.2) is 4.90 Å². The lowest BCUT2D eigenvalue weighted by atomic mass is 10.3. The molecule has 0 bridgehead atoms. The van der Waals surface area contributed by atoms with E-state index in [0.29, 0.717) is 5.69 Å². The van der Waals surface area contributed by atoms with Gasteiger partial charge in [0.2, 0.25) is 10.0 Å². The van der Waals surface area contributed by atoms with Crippen LogP contribution in [-0.2, 0) is 10.0 Å². The number of nitro groups is 1. The monoisotopic (exact) mass is 231 g/mol. The van der Waals surface area contributed by atoms with Crippen LogP contribution in [0.15, 0.2) is 23.1 Å². The Morgan fingerprint density at radius 1 is 1.47 bits per heavy atom. The van der Waals surface area contributed by atoms with Crippen LogP contribution >= 0.6 is 0 Å². The summed E-state index contributed by atoms with van der Waals surface area (Å²) >= 11 is 0. The number of nitrogens with one attached hydrogen (secondary N) is 1. The summed E-state index contributed by atoms with van der Waals surface area (Å²) in [7, 11) is -2.53. The topological polar surface area (TPSA) is 115 Å². The number of hydrogen-bond donors (Lipinski definition) is 2. The van der Waals surface area contributed by atoms with Gasteiger partial charge in [-0.25, -0.2) is 13.6 Å². The average molecular weight is 231 g/mol. The van der Waals surface area contributed by atoms with Crippen LogP contribution in [0.1, 0.15) is 0 Å². The molecule has 8 heteroatoms. The van der Waals surface area contributed by atoms with Crippen molar-refractivity contribution in [2.75, 3.05) is 12.4 Å². The molecule has 0 fully saturated rings. The van der Waals surface area contributed by atoms with Crippen molar-refractivity contribution in [3.05, 3.63) is 28.3 Å². The third-order valence-corrected chi connectivity index (χ3v) is 2.69. The number of anilines is 1. The summed E-state index contributed by atoms with van der Waals surface area (Å²) in [6.07, 6.45) is 0. The fraction of sp³-hybridized carbons (Fsp3) is 0.143. The van der Waals surface area contributed by atoms with Gasteiger partial charge in [0, 0.05) is 18.8 Å². The Bertz CT molecular complexity index is 497. The molecule has 0 aliphatic rings. The quantitative estimate of drug-likeness (QED) is 0.572. The van der Waals surface area contributed by atoms with Gasteiger partial charge < -0.3 is 5.32 Å². The summed E-state index contributed by atoms with van der Waals surface area (Å²) in [6.45, 7) is 0. The molecule has 0 radical (unpaired) electrons. The van der Waals surface area contributed by atoms with E-state index in [1.54, 1.807) is 7.05 Å². The van der Waals surface area contributed by atoms with Gasteiger partial charge in [-0.3, -0.25) is 10.1 Å². The number of nitro benzene ring substituents is 1. The van der Waals surface area contributed by atoms with Crippen LogP contribution < -0.4 is 10.5 Å². The van der Waals surface area contributed by atoms with Crippen molar-refractivity contribution in [3.63, 3.8) is 0 Å². The van der Waals surface area contributed by atoms with E-state index in [1.165, 1.54) is 6.07 Å². The Morgan fingerprint density at radius 3 is 2.47 bits per heavy atom. The molecular weight excluding hydrogens is 222 g/mol. The summed E-state index contributed by atoms with van der Waals surface area (Å²) in [4.78, 5) is 9.24. The third kappa shape index (κ3) is 2.42. The molecule has 0 atom stereocenters. The Labute approximate surface area is 86.1 Å². The van der Waals surface area contributed by atoms with Gasteiger partial charge in [0.25, 0.3) is 5.69 Å². The molecule has 0 saturated carbocycles. The molecule has 1 rings (SSSR count). The van der Waals surface area contributed by atoms with Crippen LogP contribution in [0.5, 0.6) is 0 Å². The fourth-order valence-corrected chi connectivity index (χ4v) is 1.77. The Morgan fingerprint density at radius 2 is 2.07 bits per heavy atom. The maximum Gasteiger partial charge on any atom is 0.289 e. The van der Waals surface area contributed by atoms with E-state index >= 15 is 0 Å². The molecule has 0 aliphatic carbocycles. The van der Waals surface area contributed by atoms with Crippen LogP contribution in [0.25, 0.3) is 0 Å². The highest BCUT2D eigenvalue weighted by molar-refractivity contribution is 7.89. The second kappa shape index (κ2) is 3.83. The number of hydrogen-bond acceptors (Lipinski definition) is 5. The van der Waals surface area contributed by atoms with E-state index in [4.69, 9.17) is 5.14 Å². The lowest BCUT2D eigenvalue weighted by molar-refractivity contribution is -0.387. The number of rotatable bonds is 3. The van der Waals surface area contributed by atoms with E-state index in [1.807, 2.05) is 0 Å². The Hall–Kier alpha value is -1.67. The van der Waals surface area contributed by atoms with Crippen molar-refractivity contribution in [3.8, 4) is 0 Å². The summed E-state index contributed by atoms with van der Waals surface area (Å²) < 4.78 is 22.1. The maximum atomic E-state index is 11.1. The molecular formula is C7H9N3O4S. The molecule has 7 nitrogen and oxygen atoms in total. The Balaban J connectivity index is 3.50. The SMILES string of the molecule is CNc1ccc([N+](=O)[O-])c(S(N)(=O)=O)c1. The summed E-state index contributed by atoms with van der Waals surface area (Å²) in [5.74, 6) is 0. The van der Waals surface area contributed by atoms with Crippen LogP contribution in [-0.4, -0.2) is 20.4 Å². The number of nitrogens with zero attached hydrogens (tertiary/aromatic N) is 1. The van der Waals surface area contributed by atoms with Crippen LogP contribution in [0.4, 0.5) is 11.4 Å².